The van der Waals surface area contributed by atoms with Crippen LogP contribution in [0.2, 0.25) is 5.02 Å². The quantitative estimate of drug-likeness (QED) is 0.371. The Hall–Kier alpha value is -1.59. The predicted molar refractivity (Wildman–Crippen MR) is 99.6 cm³/mol. The van der Waals surface area contributed by atoms with E-state index in [1.165, 1.54) is 11.1 Å². The molecule has 0 bridgehead atoms. The van der Waals surface area contributed by atoms with E-state index >= 15 is 0 Å². The van der Waals surface area contributed by atoms with Gasteiger partial charge in [0.25, 0.3) is 0 Å². The Kier molecular flexibility index (Phi) is 9.42. The monoisotopic (exact) mass is 368 g/mol. The fourth-order valence-electron chi connectivity index (χ4n) is 2.28. The van der Waals surface area contributed by atoms with Gasteiger partial charge in [-0.05, 0) is 48.2 Å². The fourth-order valence-corrected chi connectivity index (χ4v) is 2.41. The standard InChI is InChI=1S/C18H21ClN2O2.ClH/c19-17-10-8-16(9-11-17)15-6-4-14(5-7-15)13-20-12-2-1-3-18(22)21-23;/h4-11,20,23H,1-3,12-13H2,(H,21,22);1H. The number of benzene rings is 2. The first-order valence-corrected chi connectivity index (χ1v) is 8.05. The first-order chi connectivity index (χ1) is 11.2. The largest absolute Gasteiger partial charge is 0.313 e. The molecule has 0 fully saturated rings. The van der Waals surface area contributed by atoms with E-state index in [1.54, 1.807) is 5.48 Å². The molecular formula is C18H22Cl2N2O2. The molecule has 0 spiro atoms. The van der Waals surface area contributed by atoms with Crippen molar-refractivity contribution in [1.82, 2.24) is 10.8 Å². The number of nitrogens with one attached hydrogen (secondary N) is 2. The molecule has 2 aromatic rings. The van der Waals surface area contributed by atoms with Gasteiger partial charge in [-0.2, -0.15) is 0 Å². The topological polar surface area (TPSA) is 61.4 Å². The molecule has 2 aromatic carbocycles. The second-order valence-corrected chi connectivity index (χ2v) is 5.81. The van der Waals surface area contributed by atoms with Crippen LogP contribution in [-0.2, 0) is 11.3 Å². The molecule has 1 amide bonds. The second-order valence-electron chi connectivity index (χ2n) is 5.37. The number of rotatable bonds is 8. The number of carbonyl (C=O) groups excluding carboxylic acids is 1. The van der Waals surface area contributed by atoms with E-state index in [2.05, 4.69) is 29.6 Å². The van der Waals surface area contributed by atoms with Gasteiger partial charge in [-0.25, -0.2) is 5.48 Å². The minimum atomic E-state index is -0.331. The van der Waals surface area contributed by atoms with Gasteiger partial charge in [0.2, 0.25) is 5.91 Å². The average Bonchev–Trinajstić information content (AvgIpc) is 2.59. The molecule has 6 heteroatoms. The number of halogens is 2. The summed E-state index contributed by atoms with van der Waals surface area (Å²) in [5.41, 5.74) is 5.17. The molecule has 3 N–H and O–H groups in total. The van der Waals surface area contributed by atoms with Crippen molar-refractivity contribution in [3.63, 3.8) is 0 Å². The smallest absolute Gasteiger partial charge is 0.243 e. The van der Waals surface area contributed by atoms with Crippen molar-refractivity contribution in [2.75, 3.05) is 6.54 Å². The first-order valence-electron chi connectivity index (χ1n) is 7.67. The molecule has 0 aromatic heterocycles. The number of amides is 1. The Morgan fingerprint density at radius 2 is 1.54 bits per heavy atom. The van der Waals surface area contributed by atoms with Crippen LogP contribution in [0, 0.1) is 0 Å². The highest BCUT2D eigenvalue weighted by Gasteiger charge is 2.00. The van der Waals surface area contributed by atoms with Crippen molar-refractivity contribution in [2.24, 2.45) is 0 Å². The van der Waals surface area contributed by atoms with Crippen LogP contribution in [0.3, 0.4) is 0 Å². The lowest BCUT2D eigenvalue weighted by atomic mass is 10.0. The summed E-state index contributed by atoms with van der Waals surface area (Å²) in [5, 5.41) is 12.5. The summed E-state index contributed by atoms with van der Waals surface area (Å²) in [6, 6.07) is 16.2. The maximum atomic E-state index is 10.8. The van der Waals surface area contributed by atoms with E-state index in [9.17, 15) is 4.79 Å². The highest BCUT2D eigenvalue weighted by molar-refractivity contribution is 6.30. The van der Waals surface area contributed by atoms with E-state index in [0.29, 0.717) is 6.42 Å². The summed E-state index contributed by atoms with van der Waals surface area (Å²) in [6.45, 7) is 1.64. The Balaban J connectivity index is 0.00000288. The zero-order valence-corrected chi connectivity index (χ0v) is 14.9. The second kappa shape index (κ2) is 11.0. The molecule has 0 aliphatic heterocycles. The van der Waals surface area contributed by atoms with Gasteiger partial charge >= 0.3 is 0 Å². The van der Waals surface area contributed by atoms with Crippen molar-refractivity contribution in [2.45, 2.75) is 25.8 Å². The molecule has 4 nitrogen and oxygen atoms in total. The summed E-state index contributed by atoms with van der Waals surface area (Å²) < 4.78 is 0. The van der Waals surface area contributed by atoms with Gasteiger partial charge in [-0.3, -0.25) is 10.0 Å². The van der Waals surface area contributed by atoms with Crippen LogP contribution in [0.1, 0.15) is 24.8 Å². The Labute approximate surface area is 153 Å². The van der Waals surface area contributed by atoms with Crippen LogP contribution in [0.4, 0.5) is 0 Å². The zero-order chi connectivity index (χ0) is 16.5. The van der Waals surface area contributed by atoms with Crippen molar-refractivity contribution in [3.8, 4) is 11.1 Å². The fraction of sp³-hybridized carbons (Fsp3) is 0.278. The summed E-state index contributed by atoms with van der Waals surface area (Å²) in [6.07, 6.45) is 2.01. The molecule has 0 saturated heterocycles. The van der Waals surface area contributed by atoms with E-state index in [0.717, 1.165) is 36.5 Å². The molecule has 0 aliphatic carbocycles. The first kappa shape index (κ1) is 20.5. The SMILES string of the molecule is Cl.O=C(CCCCNCc1ccc(-c2ccc(Cl)cc2)cc1)NO. The van der Waals surface area contributed by atoms with Gasteiger partial charge in [0.1, 0.15) is 0 Å². The number of hydrogen-bond donors (Lipinski definition) is 3. The van der Waals surface area contributed by atoms with Crippen LogP contribution in [0.15, 0.2) is 48.5 Å². The molecule has 0 atom stereocenters. The van der Waals surface area contributed by atoms with E-state index in [-0.39, 0.29) is 18.3 Å². The van der Waals surface area contributed by atoms with E-state index in [4.69, 9.17) is 16.8 Å². The van der Waals surface area contributed by atoms with Crippen molar-refractivity contribution >= 4 is 29.9 Å². The van der Waals surface area contributed by atoms with Gasteiger partial charge in [-0.15, -0.1) is 12.4 Å². The summed E-state index contributed by atoms with van der Waals surface area (Å²) >= 11 is 5.90. The maximum absolute atomic E-state index is 10.8. The van der Waals surface area contributed by atoms with Crippen molar-refractivity contribution in [1.29, 1.82) is 0 Å². The number of hydroxylamine groups is 1. The molecule has 0 aliphatic rings. The van der Waals surface area contributed by atoms with Crippen LogP contribution >= 0.6 is 24.0 Å². The molecule has 0 radical (unpaired) electrons. The molecule has 0 saturated carbocycles. The molecule has 130 valence electrons. The summed E-state index contributed by atoms with van der Waals surface area (Å²) in [5.74, 6) is -0.331. The lowest BCUT2D eigenvalue weighted by Gasteiger charge is -2.07. The third kappa shape index (κ3) is 6.89. The Morgan fingerprint density at radius 1 is 0.958 bits per heavy atom. The van der Waals surface area contributed by atoms with Gasteiger partial charge in [0.15, 0.2) is 0 Å². The van der Waals surface area contributed by atoms with Crippen LogP contribution in [-0.4, -0.2) is 17.7 Å². The van der Waals surface area contributed by atoms with Crippen molar-refractivity contribution in [3.05, 3.63) is 59.1 Å². The van der Waals surface area contributed by atoms with Crippen molar-refractivity contribution < 1.29 is 10.0 Å². The van der Waals surface area contributed by atoms with Gasteiger partial charge in [0, 0.05) is 18.0 Å². The van der Waals surface area contributed by atoms with Crippen LogP contribution in [0.5, 0.6) is 0 Å². The number of unbranched alkanes of at least 4 members (excludes halogenated alkanes) is 1. The molecule has 24 heavy (non-hydrogen) atoms. The summed E-state index contributed by atoms with van der Waals surface area (Å²) in [4.78, 5) is 10.8. The normalized spacial score (nSPS) is 10.1. The Bertz CT molecular complexity index is 616. The van der Waals surface area contributed by atoms with Crippen LogP contribution < -0.4 is 10.8 Å². The minimum absolute atomic E-state index is 0. The molecule has 0 heterocycles. The highest BCUT2D eigenvalue weighted by atomic mass is 35.5. The van der Waals surface area contributed by atoms with Gasteiger partial charge in [0.05, 0.1) is 0 Å². The number of hydrogen-bond acceptors (Lipinski definition) is 3. The third-order valence-electron chi connectivity index (χ3n) is 3.59. The molecule has 2 rings (SSSR count). The van der Waals surface area contributed by atoms with E-state index < -0.39 is 0 Å². The van der Waals surface area contributed by atoms with Gasteiger partial charge < -0.3 is 5.32 Å². The maximum Gasteiger partial charge on any atom is 0.243 e. The zero-order valence-electron chi connectivity index (χ0n) is 13.3. The molecule has 0 unspecified atom stereocenters. The lowest BCUT2D eigenvalue weighted by Crippen LogP contribution is -2.19. The molecular weight excluding hydrogens is 347 g/mol. The summed E-state index contributed by atoms with van der Waals surface area (Å²) in [7, 11) is 0. The van der Waals surface area contributed by atoms with E-state index in [1.807, 2.05) is 24.3 Å². The predicted octanol–water partition coefficient (Wildman–Crippen LogP) is 4.19. The minimum Gasteiger partial charge on any atom is -0.313 e. The number of carbonyl (C=O) groups is 1. The van der Waals surface area contributed by atoms with Crippen LogP contribution in [0.25, 0.3) is 11.1 Å². The Morgan fingerprint density at radius 3 is 2.12 bits per heavy atom. The average molecular weight is 369 g/mol. The third-order valence-corrected chi connectivity index (χ3v) is 3.84. The van der Waals surface area contributed by atoms with Gasteiger partial charge in [-0.1, -0.05) is 48.0 Å². The lowest BCUT2D eigenvalue weighted by molar-refractivity contribution is -0.129. The highest BCUT2D eigenvalue weighted by Crippen LogP contribution is 2.21.